The first kappa shape index (κ1) is 17.3. The summed E-state index contributed by atoms with van der Waals surface area (Å²) in [6.07, 6.45) is 2.78. The molecule has 1 aromatic carbocycles. The Bertz CT molecular complexity index is 612. The lowest BCUT2D eigenvalue weighted by molar-refractivity contribution is -0.137. The third-order valence-electron chi connectivity index (χ3n) is 2.56. The van der Waals surface area contributed by atoms with Crippen LogP contribution in [0, 0.1) is 11.3 Å². The second kappa shape index (κ2) is 8.53. The predicted octanol–water partition coefficient (Wildman–Crippen LogP) is 3.12. The zero-order valence-corrected chi connectivity index (χ0v) is 13.0. The van der Waals surface area contributed by atoms with E-state index in [9.17, 15) is 4.79 Å². The van der Waals surface area contributed by atoms with Gasteiger partial charge in [0.05, 0.1) is 13.2 Å². The number of esters is 1. The van der Waals surface area contributed by atoms with Gasteiger partial charge in [0.15, 0.2) is 11.5 Å². The summed E-state index contributed by atoms with van der Waals surface area (Å²) in [4.78, 5) is 11.8. The number of carbonyl (C=O) groups excluding carboxylic acids is 1. The first-order valence-corrected chi connectivity index (χ1v) is 6.77. The lowest BCUT2D eigenvalue weighted by Gasteiger charge is -2.16. The van der Waals surface area contributed by atoms with Crippen LogP contribution in [-0.2, 0) is 9.53 Å². The number of benzene rings is 1. The van der Waals surface area contributed by atoms with Gasteiger partial charge in [0.1, 0.15) is 18.2 Å². The summed E-state index contributed by atoms with van der Waals surface area (Å²) in [5, 5.41) is 9.14. The Morgan fingerprint density at radius 1 is 1.45 bits per heavy atom. The van der Waals surface area contributed by atoms with Crippen molar-refractivity contribution in [3.8, 4) is 17.6 Å². The van der Waals surface area contributed by atoms with E-state index in [1.54, 1.807) is 18.2 Å². The van der Waals surface area contributed by atoms with E-state index >= 15 is 0 Å². The van der Waals surface area contributed by atoms with Gasteiger partial charge in [-0.15, -0.1) is 0 Å². The standard InChI is InChI=1S/C17H19NO4/c1-5-9-21-17(19)14(11-18)10-13-7-6-8-15(20-4)16(13)22-12(2)3/h5-8,10,12H,1,9H2,2-4H3/b14-10+. The molecular formula is C17H19NO4. The Labute approximate surface area is 130 Å². The van der Waals surface area contributed by atoms with Crippen LogP contribution in [-0.4, -0.2) is 25.8 Å². The van der Waals surface area contributed by atoms with Crippen LogP contribution in [0.15, 0.2) is 36.4 Å². The number of rotatable bonds is 7. The maximum atomic E-state index is 11.8. The second-order valence-electron chi connectivity index (χ2n) is 4.60. The van der Waals surface area contributed by atoms with Gasteiger partial charge >= 0.3 is 5.97 Å². The molecule has 0 atom stereocenters. The molecule has 0 unspecified atom stereocenters. The normalized spacial score (nSPS) is 10.8. The highest BCUT2D eigenvalue weighted by Gasteiger charge is 2.15. The minimum atomic E-state index is -0.708. The molecule has 0 aliphatic carbocycles. The van der Waals surface area contributed by atoms with E-state index in [4.69, 9.17) is 19.5 Å². The van der Waals surface area contributed by atoms with Crippen LogP contribution in [0.1, 0.15) is 19.4 Å². The van der Waals surface area contributed by atoms with E-state index in [1.807, 2.05) is 19.9 Å². The van der Waals surface area contributed by atoms with Crippen LogP contribution in [0.4, 0.5) is 0 Å². The molecule has 0 heterocycles. The lowest BCUT2D eigenvalue weighted by atomic mass is 10.1. The Balaban J connectivity index is 3.23. The predicted molar refractivity (Wildman–Crippen MR) is 83.5 cm³/mol. The van der Waals surface area contributed by atoms with Gasteiger partial charge < -0.3 is 14.2 Å². The number of hydrogen-bond acceptors (Lipinski definition) is 5. The SMILES string of the molecule is C=CCOC(=O)/C(C#N)=C/c1cccc(OC)c1OC(C)C. The van der Waals surface area contributed by atoms with Crippen LogP contribution >= 0.6 is 0 Å². The van der Waals surface area contributed by atoms with Gasteiger partial charge in [0.2, 0.25) is 0 Å². The average Bonchev–Trinajstić information content (AvgIpc) is 2.50. The minimum Gasteiger partial charge on any atom is -0.493 e. The smallest absolute Gasteiger partial charge is 0.349 e. The van der Waals surface area contributed by atoms with Crippen LogP contribution < -0.4 is 9.47 Å². The Kier molecular flexibility index (Phi) is 6.71. The summed E-state index contributed by atoms with van der Waals surface area (Å²) in [6.45, 7) is 7.26. The van der Waals surface area contributed by atoms with Gasteiger partial charge in [-0.3, -0.25) is 0 Å². The fourth-order valence-corrected chi connectivity index (χ4v) is 1.67. The first-order valence-electron chi connectivity index (χ1n) is 6.77. The fraction of sp³-hybridized carbons (Fsp3) is 0.294. The molecule has 0 aliphatic rings. The van der Waals surface area contributed by atoms with Crippen molar-refractivity contribution in [2.24, 2.45) is 0 Å². The quantitative estimate of drug-likeness (QED) is 0.335. The molecule has 0 spiro atoms. The molecule has 0 saturated heterocycles. The van der Waals surface area contributed by atoms with Crippen molar-refractivity contribution in [1.29, 1.82) is 5.26 Å². The molecule has 116 valence electrons. The highest BCUT2D eigenvalue weighted by molar-refractivity contribution is 5.98. The van der Waals surface area contributed by atoms with Gasteiger partial charge in [-0.25, -0.2) is 4.79 Å². The molecule has 0 aliphatic heterocycles. The molecule has 0 radical (unpaired) electrons. The number of methoxy groups -OCH3 is 1. The van der Waals surface area contributed by atoms with E-state index in [-0.39, 0.29) is 18.3 Å². The largest absolute Gasteiger partial charge is 0.493 e. The van der Waals surface area contributed by atoms with Crippen molar-refractivity contribution in [3.63, 3.8) is 0 Å². The van der Waals surface area contributed by atoms with Gasteiger partial charge in [0, 0.05) is 5.56 Å². The topological polar surface area (TPSA) is 68.6 Å². The van der Waals surface area contributed by atoms with Crippen LogP contribution in [0.2, 0.25) is 0 Å². The fourth-order valence-electron chi connectivity index (χ4n) is 1.67. The van der Waals surface area contributed by atoms with E-state index in [0.29, 0.717) is 17.1 Å². The molecule has 0 N–H and O–H groups in total. The van der Waals surface area contributed by atoms with Crippen molar-refractivity contribution in [2.75, 3.05) is 13.7 Å². The number of para-hydroxylation sites is 1. The molecule has 0 fully saturated rings. The zero-order chi connectivity index (χ0) is 16.5. The lowest BCUT2D eigenvalue weighted by Crippen LogP contribution is -2.09. The molecular weight excluding hydrogens is 282 g/mol. The Morgan fingerprint density at radius 2 is 2.18 bits per heavy atom. The molecule has 1 rings (SSSR count). The monoisotopic (exact) mass is 301 g/mol. The van der Waals surface area contributed by atoms with Crippen molar-refractivity contribution in [1.82, 2.24) is 0 Å². The molecule has 0 bridgehead atoms. The summed E-state index contributed by atoms with van der Waals surface area (Å²) >= 11 is 0. The van der Waals surface area contributed by atoms with Crippen LogP contribution in [0.25, 0.3) is 6.08 Å². The van der Waals surface area contributed by atoms with E-state index in [2.05, 4.69) is 6.58 Å². The van der Waals surface area contributed by atoms with E-state index in [1.165, 1.54) is 19.3 Å². The number of hydrogen-bond donors (Lipinski definition) is 0. The molecule has 1 aromatic rings. The summed E-state index contributed by atoms with van der Waals surface area (Å²) in [5.74, 6) is 0.296. The maximum absolute atomic E-state index is 11.8. The Hall–Kier alpha value is -2.74. The van der Waals surface area contributed by atoms with Crippen molar-refractivity contribution < 1.29 is 19.0 Å². The van der Waals surface area contributed by atoms with Gasteiger partial charge in [-0.1, -0.05) is 24.8 Å². The Morgan fingerprint density at radius 3 is 2.73 bits per heavy atom. The van der Waals surface area contributed by atoms with Gasteiger partial charge in [-0.05, 0) is 26.0 Å². The van der Waals surface area contributed by atoms with Crippen LogP contribution in [0.5, 0.6) is 11.5 Å². The number of nitrogens with zero attached hydrogens (tertiary/aromatic N) is 1. The highest BCUT2D eigenvalue weighted by atomic mass is 16.5. The van der Waals surface area contributed by atoms with Crippen molar-refractivity contribution in [2.45, 2.75) is 20.0 Å². The third kappa shape index (κ3) is 4.67. The molecule has 5 nitrogen and oxygen atoms in total. The molecule has 0 amide bonds. The summed E-state index contributed by atoms with van der Waals surface area (Å²) < 4.78 is 15.9. The average molecular weight is 301 g/mol. The molecule has 5 heteroatoms. The molecule has 0 aromatic heterocycles. The highest BCUT2D eigenvalue weighted by Crippen LogP contribution is 2.33. The van der Waals surface area contributed by atoms with Crippen LogP contribution in [0.3, 0.4) is 0 Å². The van der Waals surface area contributed by atoms with E-state index < -0.39 is 5.97 Å². The van der Waals surface area contributed by atoms with Crippen molar-refractivity contribution in [3.05, 3.63) is 42.0 Å². The number of nitriles is 1. The molecule has 22 heavy (non-hydrogen) atoms. The molecule has 0 saturated carbocycles. The minimum absolute atomic E-state index is 0.0469. The van der Waals surface area contributed by atoms with E-state index in [0.717, 1.165) is 0 Å². The zero-order valence-electron chi connectivity index (χ0n) is 13.0. The summed E-state index contributed by atoms with van der Waals surface area (Å²) in [6, 6.07) is 7.07. The number of carbonyl (C=O) groups is 1. The van der Waals surface area contributed by atoms with Crippen molar-refractivity contribution >= 4 is 12.0 Å². The van der Waals surface area contributed by atoms with Gasteiger partial charge in [0.25, 0.3) is 0 Å². The van der Waals surface area contributed by atoms with Gasteiger partial charge in [-0.2, -0.15) is 5.26 Å². The summed E-state index contributed by atoms with van der Waals surface area (Å²) in [5.41, 5.74) is 0.448. The number of ether oxygens (including phenoxy) is 3. The maximum Gasteiger partial charge on any atom is 0.349 e. The second-order valence-corrected chi connectivity index (χ2v) is 4.60. The summed E-state index contributed by atoms with van der Waals surface area (Å²) in [7, 11) is 1.53. The third-order valence-corrected chi connectivity index (χ3v) is 2.56. The first-order chi connectivity index (χ1) is 10.5.